The number of fused-ring (bicyclic) bond motifs is 4. The molecule has 0 N–H and O–H groups in total. The van der Waals surface area contributed by atoms with Gasteiger partial charge in [-0.1, -0.05) is 35.5 Å². The van der Waals surface area contributed by atoms with Crippen LogP contribution in [0, 0.1) is 6.92 Å². The highest BCUT2D eigenvalue weighted by molar-refractivity contribution is 5.93. The number of carbonyl (C=O) groups is 1. The number of Topliss-reactive ketones (excluding diaryl/α,β-unsaturated/α-hetero) is 1. The molecule has 6 rings (SSSR count). The maximum atomic E-state index is 11.9. The summed E-state index contributed by atoms with van der Waals surface area (Å²) in [4.78, 5) is 19.2. The molecule has 2 aromatic heterocycles. The molecule has 1 fully saturated rings. The molecule has 0 amide bonds. The number of likely N-dealkylation sites (tertiary alicyclic amines) is 1. The molecule has 2 aliphatic heterocycles. The summed E-state index contributed by atoms with van der Waals surface area (Å²) < 4.78 is 1.88. The number of piperidine rings is 1. The van der Waals surface area contributed by atoms with E-state index >= 15 is 0 Å². The van der Waals surface area contributed by atoms with Gasteiger partial charge in [-0.05, 0) is 92.9 Å². The first-order chi connectivity index (χ1) is 17.1. The van der Waals surface area contributed by atoms with Crippen LogP contribution in [0.25, 0.3) is 16.6 Å². The van der Waals surface area contributed by atoms with Crippen molar-refractivity contribution < 1.29 is 4.79 Å². The molecule has 0 spiro atoms. The van der Waals surface area contributed by atoms with Crippen LogP contribution in [0.3, 0.4) is 0 Å². The Labute approximate surface area is 206 Å². The Hall–Kier alpha value is -3.38. The fourth-order valence-corrected chi connectivity index (χ4v) is 5.96. The Kier molecular flexibility index (Phi) is 5.69. The number of aromatic nitrogens is 4. The van der Waals surface area contributed by atoms with Gasteiger partial charge in [-0.15, -0.1) is 5.10 Å². The molecule has 0 saturated carbocycles. The molecule has 0 bridgehead atoms. The molecule has 1 saturated heterocycles. The third-order valence-corrected chi connectivity index (χ3v) is 7.81. The zero-order valence-electron chi connectivity index (χ0n) is 20.5. The van der Waals surface area contributed by atoms with Crippen LogP contribution in [0.5, 0.6) is 0 Å². The van der Waals surface area contributed by atoms with Gasteiger partial charge in [0.25, 0.3) is 0 Å². The van der Waals surface area contributed by atoms with Gasteiger partial charge in [-0.2, -0.15) is 0 Å². The molecule has 2 aliphatic rings. The van der Waals surface area contributed by atoms with Gasteiger partial charge < -0.3 is 4.90 Å². The molecule has 6 nitrogen and oxygen atoms in total. The van der Waals surface area contributed by atoms with Gasteiger partial charge >= 0.3 is 0 Å². The van der Waals surface area contributed by atoms with Crippen molar-refractivity contribution in [2.45, 2.75) is 51.9 Å². The van der Waals surface area contributed by atoms with Gasteiger partial charge in [-0.25, -0.2) is 4.68 Å². The zero-order valence-corrected chi connectivity index (χ0v) is 20.5. The van der Waals surface area contributed by atoms with E-state index in [-0.39, 0.29) is 5.78 Å². The quantitative estimate of drug-likeness (QED) is 0.395. The van der Waals surface area contributed by atoms with Gasteiger partial charge in [0, 0.05) is 24.5 Å². The van der Waals surface area contributed by atoms with Gasteiger partial charge in [0.2, 0.25) is 0 Å². The normalized spacial score (nSPS) is 16.3. The lowest BCUT2D eigenvalue weighted by Gasteiger charge is -2.33. The molecule has 2 aromatic carbocycles. The third kappa shape index (κ3) is 4.06. The molecule has 0 atom stereocenters. The van der Waals surface area contributed by atoms with Crippen molar-refractivity contribution in [3.63, 3.8) is 0 Å². The summed E-state index contributed by atoms with van der Waals surface area (Å²) in [5, 5.41) is 9.77. The van der Waals surface area contributed by atoms with E-state index in [0.29, 0.717) is 11.6 Å². The Morgan fingerprint density at radius 2 is 1.86 bits per heavy atom. The van der Waals surface area contributed by atoms with Gasteiger partial charge in [0.1, 0.15) is 0 Å². The number of rotatable bonds is 5. The van der Waals surface area contributed by atoms with Crippen molar-refractivity contribution in [3.8, 4) is 5.69 Å². The lowest BCUT2D eigenvalue weighted by molar-refractivity contribution is 0.101. The summed E-state index contributed by atoms with van der Waals surface area (Å²) in [6.07, 6.45) is 5.17. The van der Waals surface area contributed by atoms with Gasteiger partial charge in [0.15, 0.2) is 11.5 Å². The molecule has 35 heavy (non-hydrogen) atoms. The summed E-state index contributed by atoms with van der Waals surface area (Å²) >= 11 is 0. The Morgan fingerprint density at radius 1 is 1.03 bits per heavy atom. The fourth-order valence-electron chi connectivity index (χ4n) is 5.96. The molecular weight excluding hydrogens is 434 g/mol. The summed E-state index contributed by atoms with van der Waals surface area (Å²) in [7, 11) is 0. The first-order valence-corrected chi connectivity index (χ1v) is 12.7. The standard InChI is InChI=1S/C29H31N5O/c1-19-9-10-25-23(6-4-7-26(25)30-19)22-14-17-33(18-15-22)16-13-21-5-3-8-27-24(21)11-12-28-29(20(2)35)31-32-34(27)28/h3-10,22H,11-18H2,1-2H3. The van der Waals surface area contributed by atoms with Crippen LogP contribution in [0.15, 0.2) is 48.5 Å². The SMILES string of the molecule is CC(=O)c1nnn2c1CCc1c(CCN3CCC(c4cccc5nc(C)ccc45)CC3)cccc1-2. The molecule has 4 aromatic rings. The maximum Gasteiger partial charge on any atom is 0.181 e. The number of hydrogen-bond acceptors (Lipinski definition) is 5. The van der Waals surface area contributed by atoms with E-state index in [4.69, 9.17) is 4.98 Å². The Balaban J connectivity index is 1.13. The van der Waals surface area contributed by atoms with Crippen molar-refractivity contribution >= 4 is 16.7 Å². The number of nitrogens with zero attached hydrogens (tertiary/aromatic N) is 5. The zero-order chi connectivity index (χ0) is 23.9. The molecule has 4 heterocycles. The van der Waals surface area contributed by atoms with Crippen LogP contribution in [0.1, 0.15) is 64.2 Å². The van der Waals surface area contributed by atoms with Crippen LogP contribution in [0.2, 0.25) is 0 Å². The predicted molar refractivity (Wildman–Crippen MR) is 137 cm³/mol. The fraction of sp³-hybridized carbons (Fsp3) is 0.379. The van der Waals surface area contributed by atoms with Crippen molar-refractivity contribution in [2.75, 3.05) is 19.6 Å². The number of ketones is 1. The van der Waals surface area contributed by atoms with Crippen LogP contribution >= 0.6 is 0 Å². The van der Waals surface area contributed by atoms with E-state index in [1.165, 1.54) is 34.9 Å². The minimum atomic E-state index is -0.0101. The second kappa shape index (κ2) is 9.00. The average Bonchev–Trinajstić information content (AvgIpc) is 3.32. The maximum absolute atomic E-state index is 11.9. The molecule has 0 unspecified atom stereocenters. The number of benzene rings is 2. The monoisotopic (exact) mass is 465 g/mol. The van der Waals surface area contributed by atoms with Crippen molar-refractivity contribution in [2.24, 2.45) is 0 Å². The second-order valence-electron chi connectivity index (χ2n) is 10.0. The Morgan fingerprint density at radius 3 is 2.69 bits per heavy atom. The van der Waals surface area contributed by atoms with E-state index in [0.717, 1.165) is 61.5 Å². The highest BCUT2D eigenvalue weighted by Crippen LogP contribution is 2.33. The van der Waals surface area contributed by atoms with Crippen molar-refractivity contribution in [1.82, 2.24) is 24.9 Å². The van der Waals surface area contributed by atoms with E-state index < -0.39 is 0 Å². The van der Waals surface area contributed by atoms with E-state index in [1.54, 1.807) is 6.92 Å². The van der Waals surface area contributed by atoms with Crippen LogP contribution in [0.4, 0.5) is 0 Å². The van der Waals surface area contributed by atoms with Crippen LogP contribution in [-0.2, 0) is 19.3 Å². The highest BCUT2D eigenvalue weighted by atomic mass is 16.1. The molecular formula is C29H31N5O. The lowest BCUT2D eigenvalue weighted by atomic mass is 9.87. The molecule has 0 aliphatic carbocycles. The van der Waals surface area contributed by atoms with E-state index in [9.17, 15) is 4.79 Å². The summed E-state index contributed by atoms with van der Waals surface area (Å²) in [5.74, 6) is 0.592. The number of pyridine rings is 1. The topological polar surface area (TPSA) is 63.9 Å². The first-order valence-electron chi connectivity index (χ1n) is 12.7. The minimum Gasteiger partial charge on any atom is -0.303 e. The smallest absolute Gasteiger partial charge is 0.181 e. The third-order valence-electron chi connectivity index (χ3n) is 7.81. The van der Waals surface area contributed by atoms with E-state index in [2.05, 4.69) is 70.7 Å². The van der Waals surface area contributed by atoms with Crippen LogP contribution < -0.4 is 0 Å². The lowest BCUT2D eigenvalue weighted by Crippen LogP contribution is -2.34. The highest BCUT2D eigenvalue weighted by Gasteiger charge is 2.26. The van der Waals surface area contributed by atoms with Crippen LogP contribution in [-0.4, -0.2) is 50.3 Å². The second-order valence-corrected chi connectivity index (χ2v) is 10.0. The van der Waals surface area contributed by atoms with Crippen molar-refractivity contribution in [3.05, 3.63) is 82.3 Å². The predicted octanol–water partition coefficient (Wildman–Crippen LogP) is 4.85. The largest absolute Gasteiger partial charge is 0.303 e. The van der Waals surface area contributed by atoms with Crippen molar-refractivity contribution in [1.29, 1.82) is 0 Å². The Bertz CT molecular complexity index is 1410. The van der Waals surface area contributed by atoms with Gasteiger partial charge in [0.05, 0.1) is 16.9 Å². The van der Waals surface area contributed by atoms with Gasteiger partial charge in [-0.3, -0.25) is 9.78 Å². The number of carbonyl (C=O) groups excluding carboxylic acids is 1. The summed E-state index contributed by atoms with van der Waals surface area (Å²) in [6.45, 7) is 6.96. The summed E-state index contributed by atoms with van der Waals surface area (Å²) in [5.41, 5.74) is 8.95. The summed E-state index contributed by atoms with van der Waals surface area (Å²) in [6, 6.07) is 17.4. The number of aryl methyl sites for hydroxylation is 1. The average molecular weight is 466 g/mol. The minimum absolute atomic E-state index is 0.0101. The first kappa shape index (κ1) is 22.1. The molecule has 178 valence electrons. The molecule has 0 radical (unpaired) electrons. The molecule has 6 heteroatoms. The van der Waals surface area contributed by atoms with E-state index in [1.807, 2.05) is 4.68 Å². The number of hydrogen-bond donors (Lipinski definition) is 0.